The van der Waals surface area contributed by atoms with Gasteiger partial charge in [-0.25, -0.2) is 9.18 Å². The molecule has 1 aromatic heterocycles. The molecule has 0 saturated carbocycles. The second kappa shape index (κ2) is 9.49. The predicted molar refractivity (Wildman–Crippen MR) is 128 cm³/mol. The molecule has 0 bridgehead atoms. The maximum Gasteiger partial charge on any atom is 0.337 e. The van der Waals surface area contributed by atoms with Crippen LogP contribution in [0, 0.1) is 17.1 Å². The molecule has 0 atom stereocenters. The second-order valence-electron chi connectivity index (χ2n) is 7.81. The zero-order valence-electron chi connectivity index (χ0n) is 18.5. The number of carbonyl (C=O) groups excluding carboxylic acids is 2. The Morgan fingerprint density at radius 1 is 1.00 bits per heavy atom. The van der Waals surface area contributed by atoms with Crippen LogP contribution in [0.2, 0.25) is 0 Å². The number of nitrogens with one attached hydrogen (secondary N) is 2. The molecule has 0 aliphatic carbocycles. The van der Waals surface area contributed by atoms with Crippen molar-refractivity contribution in [1.29, 1.82) is 5.26 Å². The Morgan fingerprint density at radius 2 is 1.74 bits per heavy atom. The molecule has 3 N–H and O–H groups in total. The minimum absolute atomic E-state index is 0.0467. The van der Waals surface area contributed by atoms with Gasteiger partial charge in [-0.1, -0.05) is 24.3 Å². The minimum Gasteiger partial charge on any atom is -0.478 e. The summed E-state index contributed by atoms with van der Waals surface area (Å²) >= 11 is 0. The Labute approximate surface area is 199 Å². The summed E-state index contributed by atoms with van der Waals surface area (Å²) in [4.78, 5) is 37.2. The van der Waals surface area contributed by atoms with Crippen LogP contribution in [0.4, 0.5) is 15.8 Å². The molecule has 0 aliphatic heterocycles. The van der Waals surface area contributed by atoms with Crippen LogP contribution in [0.5, 0.6) is 0 Å². The van der Waals surface area contributed by atoms with Gasteiger partial charge in [-0.15, -0.1) is 0 Å². The lowest BCUT2D eigenvalue weighted by atomic mass is 10.1. The van der Waals surface area contributed by atoms with Crippen molar-refractivity contribution >= 4 is 40.1 Å². The maximum atomic E-state index is 13.1. The van der Waals surface area contributed by atoms with Gasteiger partial charge in [0.1, 0.15) is 11.5 Å². The predicted octanol–water partition coefficient (Wildman–Crippen LogP) is 4.32. The van der Waals surface area contributed by atoms with Gasteiger partial charge in [0.2, 0.25) is 5.91 Å². The van der Waals surface area contributed by atoms with Crippen LogP contribution in [-0.2, 0) is 18.3 Å². The summed E-state index contributed by atoms with van der Waals surface area (Å²) in [5.74, 6) is -2.52. The zero-order chi connectivity index (χ0) is 25.1. The summed E-state index contributed by atoms with van der Waals surface area (Å²) in [6.07, 6.45) is 0.0467. The number of hydrogen-bond acceptors (Lipinski definition) is 4. The van der Waals surface area contributed by atoms with Gasteiger partial charge < -0.3 is 20.3 Å². The first-order chi connectivity index (χ1) is 16.8. The number of aryl methyl sites for hydroxylation is 1. The molecule has 0 radical (unpaired) electrons. The molecule has 0 fully saturated rings. The summed E-state index contributed by atoms with van der Waals surface area (Å²) in [7, 11) is 1.66. The van der Waals surface area contributed by atoms with E-state index in [2.05, 4.69) is 10.6 Å². The van der Waals surface area contributed by atoms with E-state index >= 15 is 0 Å². The number of para-hydroxylation sites is 1. The van der Waals surface area contributed by atoms with E-state index in [9.17, 15) is 23.9 Å². The molecule has 0 unspecified atom stereocenters. The van der Waals surface area contributed by atoms with Crippen LogP contribution < -0.4 is 10.6 Å². The van der Waals surface area contributed by atoms with Crippen molar-refractivity contribution < 1.29 is 23.9 Å². The van der Waals surface area contributed by atoms with Gasteiger partial charge in [0.15, 0.2) is 0 Å². The molecule has 0 saturated heterocycles. The van der Waals surface area contributed by atoms with Crippen LogP contribution in [0.25, 0.3) is 10.9 Å². The van der Waals surface area contributed by atoms with Crippen molar-refractivity contribution in [2.75, 3.05) is 10.6 Å². The van der Waals surface area contributed by atoms with Crippen molar-refractivity contribution in [3.8, 4) is 6.07 Å². The number of amides is 2. The largest absolute Gasteiger partial charge is 0.478 e. The fourth-order valence-electron chi connectivity index (χ4n) is 3.80. The molecule has 35 heavy (non-hydrogen) atoms. The summed E-state index contributed by atoms with van der Waals surface area (Å²) in [6.45, 7) is 0. The Balaban J connectivity index is 1.61. The van der Waals surface area contributed by atoms with Crippen molar-refractivity contribution in [1.82, 2.24) is 4.57 Å². The first-order valence-electron chi connectivity index (χ1n) is 10.5. The number of nitrogens with zero attached hydrogens (tertiary/aromatic N) is 2. The number of aromatic nitrogens is 1. The molecular formula is C26H19FN4O4. The number of nitriles is 1. The Bertz CT molecular complexity index is 1520. The standard InChI is InChI=1S/C26H19FN4O4/c1-31-22(25(33)30-20-10-7-16(14-28)11-19(20)26(34)35)13-17-3-2-4-21(24(17)31)29-23(32)12-15-5-8-18(27)9-6-15/h2-11,13H,12H2,1H3,(H,29,32)(H,30,33)(H,34,35). The normalized spacial score (nSPS) is 10.5. The maximum absolute atomic E-state index is 13.1. The van der Waals surface area contributed by atoms with Gasteiger partial charge in [-0.2, -0.15) is 5.26 Å². The highest BCUT2D eigenvalue weighted by molar-refractivity contribution is 6.11. The van der Waals surface area contributed by atoms with E-state index < -0.39 is 11.9 Å². The molecule has 8 nitrogen and oxygen atoms in total. The molecule has 4 rings (SSSR count). The molecule has 0 aliphatic rings. The highest BCUT2D eigenvalue weighted by atomic mass is 19.1. The number of anilines is 2. The van der Waals surface area contributed by atoms with E-state index in [1.165, 1.54) is 42.5 Å². The Morgan fingerprint density at radius 3 is 2.43 bits per heavy atom. The first-order valence-corrected chi connectivity index (χ1v) is 10.5. The lowest BCUT2D eigenvalue weighted by Gasteiger charge is -2.11. The smallest absolute Gasteiger partial charge is 0.337 e. The number of aromatic carboxylic acids is 1. The molecule has 4 aromatic rings. The number of halogens is 1. The van der Waals surface area contributed by atoms with E-state index in [-0.39, 0.29) is 40.7 Å². The summed E-state index contributed by atoms with van der Waals surface area (Å²) in [5.41, 5.74) is 1.99. The lowest BCUT2D eigenvalue weighted by Crippen LogP contribution is -2.18. The first kappa shape index (κ1) is 23.2. The average molecular weight is 470 g/mol. The van der Waals surface area contributed by atoms with Gasteiger partial charge >= 0.3 is 5.97 Å². The number of carboxylic acids is 1. The van der Waals surface area contributed by atoms with Crippen LogP contribution in [0.15, 0.2) is 66.7 Å². The Hall–Kier alpha value is -4.97. The molecule has 9 heteroatoms. The summed E-state index contributed by atoms with van der Waals surface area (Å²) in [5, 5.41) is 24.6. The van der Waals surface area contributed by atoms with Gasteiger partial charge in [-0.05, 0) is 48.0 Å². The molecule has 174 valence electrons. The van der Waals surface area contributed by atoms with E-state index in [0.717, 1.165) is 0 Å². The van der Waals surface area contributed by atoms with Crippen LogP contribution in [0.1, 0.15) is 32.0 Å². The van der Waals surface area contributed by atoms with Crippen molar-refractivity contribution in [3.63, 3.8) is 0 Å². The van der Waals surface area contributed by atoms with Crippen LogP contribution >= 0.6 is 0 Å². The lowest BCUT2D eigenvalue weighted by molar-refractivity contribution is -0.115. The number of carboxylic acid groups (broad SMARTS) is 1. The fraction of sp³-hybridized carbons (Fsp3) is 0.0769. The minimum atomic E-state index is -1.28. The van der Waals surface area contributed by atoms with Crippen molar-refractivity contribution in [3.05, 3.63) is 94.9 Å². The van der Waals surface area contributed by atoms with Crippen LogP contribution in [0.3, 0.4) is 0 Å². The van der Waals surface area contributed by atoms with E-state index in [1.807, 2.05) is 6.07 Å². The highest BCUT2D eigenvalue weighted by Gasteiger charge is 2.19. The average Bonchev–Trinajstić information content (AvgIpc) is 3.18. The quantitative estimate of drug-likeness (QED) is 0.387. The zero-order valence-corrected chi connectivity index (χ0v) is 18.5. The van der Waals surface area contributed by atoms with Gasteiger partial charge in [0.05, 0.1) is 40.5 Å². The molecular weight excluding hydrogens is 451 g/mol. The third-order valence-corrected chi connectivity index (χ3v) is 5.47. The third-order valence-electron chi connectivity index (χ3n) is 5.47. The molecule has 3 aromatic carbocycles. The van der Waals surface area contributed by atoms with Crippen molar-refractivity contribution in [2.45, 2.75) is 6.42 Å². The third kappa shape index (κ3) is 4.86. The van der Waals surface area contributed by atoms with Crippen LogP contribution in [-0.4, -0.2) is 27.5 Å². The highest BCUT2D eigenvalue weighted by Crippen LogP contribution is 2.28. The molecule has 2 amide bonds. The van der Waals surface area contributed by atoms with E-state index in [0.29, 0.717) is 22.2 Å². The van der Waals surface area contributed by atoms with Gasteiger partial charge in [-0.3, -0.25) is 9.59 Å². The second-order valence-corrected chi connectivity index (χ2v) is 7.81. The number of benzene rings is 3. The topological polar surface area (TPSA) is 124 Å². The monoisotopic (exact) mass is 470 g/mol. The van der Waals surface area contributed by atoms with E-state index in [1.54, 1.807) is 35.9 Å². The Kier molecular flexibility index (Phi) is 6.29. The molecule has 0 spiro atoms. The van der Waals surface area contributed by atoms with Crippen molar-refractivity contribution in [2.24, 2.45) is 7.05 Å². The fourth-order valence-corrected chi connectivity index (χ4v) is 3.80. The van der Waals surface area contributed by atoms with Gasteiger partial charge in [0.25, 0.3) is 5.91 Å². The SMILES string of the molecule is Cn1c(C(=O)Nc2ccc(C#N)cc2C(=O)O)cc2cccc(NC(=O)Cc3ccc(F)cc3)c21. The summed E-state index contributed by atoms with van der Waals surface area (Å²) < 4.78 is 14.7. The van der Waals surface area contributed by atoms with E-state index in [4.69, 9.17) is 5.26 Å². The number of rotatable bonds is 6. The number of fused-ring (bicyclic) bond motifs is 1. The molecule has 1 heterocycles. The number of hydrogen-bond donors (Lipinski definition) is 3. The number of carbonyl (C=O) groups is 3. The van der Waals surface area contributed by atoms with Gasteiger partial charge in [0, 0.05) is 12.4 Å². The summed E-state index contributed by atoms with van der Waals surface area (Å²) in [6, 6.07) is 18.3.